The van der Waals surface area contributed by atoms with Gasteiger partial charge in [0.1, 0.15) is 0 Å². The van der Waals surface area contributed by atoms with Crippen LogP contribution < -0.4 is 0 Å². The first kappa shape index (κ1) is 13.4. The number of carbonyl (C=O) groups excluding carboxylic acids is 2. The van der Waals surface area contributed by atoms with Gasteiger partial charge in [-0.15, -0.1) is 0 Å². The van der Waals surface area contributed by atoms with Crippen LogP contribution in [-0.4, -0.2) is 17.7 Å². The molecule has 0 aliphatic rings. The summed E-state index contributed by atoms with van der Waals surface area (Å²) in [6.07, 6.45) is 0. The lowest BCUT2D eigenvalue weighted by Crippen LogP contribution is -2.13. The first-order valence-electron chi connectivity index (χ1n) is 4.38. The second-order valence-corrected chi connectivity index (χ2v) is 4.63. The van der Waals surface area contributed by atoms with Gasteiger partial charge in [0.2, 0.25) is 0 Å². The van der Waals surface area contributed by atoms with Gasteiger partial charge >= 0.3 is 11.1 Å². The number of thioether (sulfide) groups is 1. The molecule has 0 amide bonds. The zero-order valence-electron chi connectivity index (χ0n) is 8.33. The van der Waals surface area contributed by atoms with Crippen molar-refractivity contribution in [1.82, 2.24) is 0 Å². The Hall–Kier alpha value is -0.710. The SMILES string of the molecule is CCOC(=O)C(=O)Sc1cc(Cl)cc(Cl)c1. The third-order valence-electron chi connectivity index (χ3n) is 1.49. The Bertz CT molecular complexity index is 400. The van der Waals surface area contributed by atoms with Gasteiger partial charge in [0, 0.05) is 14.9 Å². The average Bonchev–Trinajstić information content (AvgIpc) is 2.16. The quantitative estimate of drug-likeness (QED) is 0.474. The van der Waals surface area contributed by atoms with Crippen LogP contribution in [0.3, 0.4) is 0 Å². The second-order valence-electron chi connectivity index (χ2n) is 2.72. The summed E-state index contributed by atoms with van der Waals surface area (Å²) in [5.74, 6) is -0.872. The maximum absolute atomic E-state index is 11.3. The molecule has 16 heavy (non-hydrogen) atoms. The third-order valence-corrected chi connectivity index (χ3v) is 2.75. The lowest BCUT2D eigenvalue weighted by Gasteiger charge is -2.02. The molecule has 3 nitrogen and oxygen atoms in total. The summed E-state index contributed by atoms with van der Waals surface area (Å²) in [7, 11) is 0. The standard InChI is InChI=1S/C10H8Cl2O3S/c1-2-15-9(13)10(14)16-8-4-6(11)3-7(12)5-8/h3-5H,2H2,1H3. The van der Waals surface area contributed by atoms with E-state index in [-0.39, 0.29) is 6.61 Å². The maximum atomic E-state index is 11.3. The number of ether oxygens (including phenoxy) is 1. The van der Waals surface area contributed by atoms with Crippen molar-refractivity contribution in [3.63, 3.8) is 0 Å². The highest BCUT2D eigenvalue weighted by Crippen LogP contribution is 2.27. The lowest BCUT2D eigenvalue weighted by molar-refractivity contribution is -0.149. The minimum atomic E-state index is -0.872. The molecule has 0 heterocycles. The summed E-state index contributed by atoms with van der Waals surface area (Å²) < 4.78 is 4.56. The van der Waals surface area contributed by atoms with E-state index in [1.165, 1.54) is 0 Å². The van der Waals surface area contributed by atoms with Crippen molar-refractivity contribution >= 4 is 46.0 Å². The highest BCUT2D eigenvalue weighted by Gasteiger charge is 2.16. The normalized spacial score (nSPS) is 9.94. The Balaban J connectivity index is 2.73. The molecule has 6 heteroatoms. The Labute approximate surface area is 107 Å². The molecule has 1 aromatic rings. The van der Waals surface area contributed by atoms with Crippen LogP contribution in [0.2, 0.25) is 10.0 Å². The average molecular weight is 279 g/mol. The second kappa shape index (κ2) is 6.13. The van der Waals surface area contributed by atoms with Crippen molar-refractivity contribution in [2.24, 2.45) is 0 Å². The van der Waals surface area contributed by atoms with Crippen molar-refractivity contribution in [3.8, 4) is 0 Å². The Morgan fingerprint density at radius 1 is 1.25 bits per heavy atom. The van der Waals surface area contributed by atoms with Crippen LogP contribution in [0.25, 0.3) is 0 Å². The van der Waals surface area contributed by atoms with Gasteiger partial charge < -0.3 is 4.74 Å². The largest absolute Gasteiger partial charge is 0.460 e. The van der Waals surface area contributed by atoms with Crippen LogP contribution in [0.5, 0.6) is 0 Å². The van der Waals surface area contributed by atoms with Gasteiger partial charge in [-0.05, 0) is 36.9 Å². The summed E-state index contributed by atoms with van der Waals surface area (Å²) in [6, 6.07) is 4.65. The Kier molecular flexibility index (Phi) is 5.12. The molecule has 0 N–H and O–H groups in total. The van der Waals surface area contributed by atoms with Crippen LogP contribution in [0, 0.1) is 0 Å². The van der Waals surface area contributed by atoms with Crippen molar-refractivity contribution < 1.29 is 14.3 Å². The molecule has 0 bridgehead atoms. The summed E-state index contributed by atoms with van der Waals surface area (Å²) in [5, 5.41) is 0.124. The Morgan fingerprint density at radius 3 is 2.31 bits per heavy atom. The lowest BCUT2D eigenvalue weighted by atomic mass is 10.4. The summed E-state index contributed by atoms with van der Waals surface area (Å²) >= 11 is 12.2. The van der Waals surface area contributed by atoms with E-state index < -0.39 is 11.1 Å². The molecular weight excluding hydrogens is 271 g/mol. The molecule has 1 aromatic carbocycles. The fraction of sp³-hybridized carbons (Fsp3) is 0.200. The number of rotatable bonds is 2. The molecule has 0 saturated carbocycles. The van der Waals surface area contributed by atoms with Crippen molar-refractivity contribution in [1.29, 1.82) is 0 Å². The molecule has 0 aliphatic heterocycles. The maximum Gasteiger partial charge on any atom is 0.386 e. The number of benzene rings is 1. The van der Waals surface area contributed by atoms with Gasteiger partial charge in [0.15, 0.2) is 0 Å². The third kappa shape index (κ3) is 4.04. The fourth-order valence-electron chi connectivity index (χ4n) is 0.926. The molecule has 0 atom stereocenters. The summed E-state index contributed by atoms with van der Waals surface area (Å²) in [6.45, 7) is 1.80. The van der Waals surface area contributed by atoms with Gasteiger partial charge in [-0.25, -0.2) is 4.79 Å². The van der Waals surface area contributed by atoms with E-state index in [9.17, 15) is 9.59 Å². The van der Waals surface area contributed by atoms with Crippen LogP contribution in [0.4, 0.5) is 0 Å². The minimum Gasteiger partial charge on any atom is -0.460 e. The molecule has 0 aromatic heterocycles. The van der Waals surface area contributed by atoms with E-state index in [1.54, 1.807) is 25.1 Å². The number of halogens is 2. The van der Waals surface area contributed by atoms with Crippen LogP contribution in [0.1, 0.15) is 6.92 Å². The predicted molar refractivity (Wildman–Crippen MR) is 64.0 cm³/mol. The Morgan fingerprint density at radius 2 is 1.81 bits per heavy atom. The number of hydrogen-bond acceptors (Lipinski definition) is 4. The van der Waals surface area contributed by atoms with Gasteiger partial charge in [-0.2, -0.15) is 0 Å². The smallest absolute Gasteiger partial charge is 0.386 e. The van der Waals surface area contributed by atoms with Gasteiger partial charge in [0.05, 0.1) is 6.61 Å². The van der Waals surface area contributed by atoms with E-state index in [1.807, 2.05) is 0 Å². The van der Waals surface area contributed by atoms with Crippen molar-refractivity contribution in [3.05, 3.63) is 28.2 Å². The van der Waals surface area contributed by atoms with E-state index in [4.69, 9.17) is 23.2 Å². The number of carbonyl (C=O) groups is 2. The van der Waals surface area contributed by atoms with Crippen molar-refractivity contribution in [2.75, 3.05) is 6.61 Å². The molecule has 0 fully saturated rings. The minimum absolute atomic E-state index is 0.168. The zero-order chi connectivity index (χ0) is 12.1. The van der Waals surface area contributed by atoms with Gasteiger partial charge in [-0.3, -0.25) is 4.79 Å². The molecule has 0 aliphatic carbocycles. The molecule has 0 spiro atoms. The molecular formula is C10H8Cl2O3S. The van der Waals surface area contributed by atoms with E-state index >= 15 is 0 Å². The number of hydrogen-bond donors (Lipinski definition) is 0. The molecule has 0 unspecified atom stereocenters. The van der Waals surface area contributed by atoms with E-state index in [0.717, 1.165) is 11.8 Å². The first-order chi connectivity index (χ1) is 7.52. The molecule has 1 rings (SSSR count). The highest BCUT2D eigenvalue weighted by atomic mass is 35.5. The van der Waals surface area contributed by atoms with Crippen molar-refractivity contribution in [2.45, 2.75) is 11.8 Å². The van der Waals surface area contributed by atoms with E-state index in [2.05, 4.69) is 4.74 Å². The topological polar surface area (TPSA) is 43.4 Å². The van der Waals surface area contributed by atoms with Gasteiger partial charge in [-0.1, -0.05) is 23.2 Å². The van der Waals surface area contributed by atoms with E-state index in [0.29, 0.717) is 14.9 Å². The summed E-state index contributed by atoms with van der Waals surface area (Å²) in [5.41, 5.74) is 0. The molecule has 0 saturated heterocycles. The number of esters is 1. The van der Waals surface area contributed by atoms with Crippen LogP contribution >= 0.6 is 35.0 Å². The predicted octanol–water partition coefficient (Wildman–Crippen LogP) is 3.18. The zero-order valence-corrected chi connectivity index (χ0v) is 10.7. The molecule has 0 radical (unpaired) electrons. The highest BCUT2D eigenvalue weighted by molar-refractivity contribution is 8.15. The molecule has 86 valence electrons. The fourth-order valence-corrected chi connectivity index (χ4v) is 2.31. The summed E-state index contributed by atoms with van der Waals surface area (Å²) in [4.78, 5) is 22.9. The first-order valence-corrected chi connectivity index (χ1v) is 5.95. The van der Waals surface area contributed by atoms with Crippen LogP contribution in [0.15, 0.2) is 23.1 Å². The monoisotopic (exact) mass is 278 g/mol. The van der Waals surface area contributed by atoms with Gasteiger partial charge in [0.25, 0.3) is 0 Å². The van der Waals surface area contributed by atoms with Crippen LogP contribution in [-0.2, 0) is 14.3 Å².